The Morgan fingerprint density at radius 1 is 1.15 bits per heavy atom. The number of nitrogens with zero attached hydrogens (tertiary/aromatic N) is 2. The second kappa shape index (κ2) is 8.18. The van der Waals surface area contributed by atoms with Crippen LogP contribution in [0.3, 0.4) is 0 Å². The lowest BCUT2D eigenvalue weighted by atomic mass is 9.97. The molecule has 3 nitrogen and oxygen atoms in total. The van der Waals surface area contributed by atoms with E-state index in [4.69, 9.17) is 0 Å². The fourth-order valence-corrected chi connectivity index (χ4v) is 3.79. The minimum Gasteiger partial charge on any atom is -0.308 e. The van der Waals surface area contributed by atoms with E-state index >= 15 is 0 Å². The van der Waals surface area contributed by atoms with Crippen molar-refractivity contribution < 1.29 is 0 Å². The second-order valence-corrected chi connectivity index (χ2v) is 6.59. The van der Waals surface area contributed by atoms with Gasteiger partial charge >= 0.3 is 0 Å². The molecule has 0 aliphatic heterocycles. The molecule has 1 aromatic rings. The van der Waals surface area contributed by atoms with Crippen molar-refractivity contribution in [3.05, 3.63) is 15.9 Å². The highest BCUT2D eigenvalue weighted by atomic mass is 79.9. The van der Waals surface area contributed by atoms with E-state index in [1.54, 1.807) is 0 Å². The summed E-state index contributed by atoms with van der Waals surface area (Å²) in [6, 6.07) is 0.687. The Bertz CT molecular complexity index is 406. The van der Waals surface area contributed by atoms with E-state index in [1.165, 1.54) is 60.8 Å². The summed E-state index contributed by atoms with van der Waals surface area (Å²) >= 11 is 3.73. The van der Waals surface area contributed by atoms with Crippen molar-refractivity contribution in [1.82, 2.24) is 15.1 Å². The molecule has 1 heterocycles. The molecule has 1 fully saturated rings. The van der Waals surface area contributed by atoms with Crippen molar-refractivity contribution in [3.8, 4) is 0 Å². The Morgan fingerprint density at radius 2 is 1.80 bits per heavy atom. The number of nitrogens with one attached hydrogen (secondary N) is 1. The van der Waals surface area contributed by atoms with Crippen molar-refractivity contribution in [3.63, 3.8) is 0 Å². The molecular formula is C16H28BrN3. The van der Waals surface area contributed by atoms with Crippen molar-refractivity contribution in [2.45, 2.75) is 84.3 Å². The predicted octanol–water partition coefficient (Wildman–Crippen LogP) is 4.43. The zero-order valence-electron chi connectivity index (χ0n) is 12.9. The Labute approximate surface area is 131 Å². The molecule has 1 aliphatic rings. The predicted molar refractivity (Wildman–Crippen MR) is 87.9 cm³/mol. The van der Waals surface area contributed by atoms with Crippen LogP contribution in [0, 0.1) is 0 Å². The summed E-state index contributed by atoms with van der Waals surface area (Å²) in [6.07, 6.45) is 10.7. The van der Waals surface area contributed by atoms with Gasteiger partial charge in [0.25, 0.3) is 0 Å². The lowest BCUT2D eigenvalue weighted by molar-refractivity contribution is 0.383. The molecule has 1 aromatic heterocycles. The van der Waals surface area contributed by atoms with Crippen molar-refractivity contribution in [2.75, 3.05) is 0 Å². The SMILES string of the molecule is CCc1nn(CC)c(CNC2CCCCCCC2)c1Br. The van der Waals surface area contributed by atoms with Crippen LogP contribution in [-0.2, 0) is 19.5 Å². The van der Waals surface area contributed by atoms with Gasteiger partial charge in [-0.25, -0.2) is 0 Å². The Balaban J connectivity index is 1.96. The van der Waals surface area contributed by atoms with Crippen LogP contribution in [0.2, 0.25) is 0 Å². The Kier molecular flexibility index (Phi) is 6.56. The molecule has 0 spiro atoms. The van der Waals surface area contributed by atoms with Gasteiger partial charge in [0.05, 0.1) is 15.9 Å². The summed E-state index contributed by atoms with van der Waals surface area (Å²) < 4.78 is 3.35. The maximum atomic E-state index is 4.67. The first-order valence-electron chi connectivity index (χ1n) is 8.23. The summed E-state index contributed by atoms with van der Waals surface area (Å²) in [7, 11) is 0. The number of aromatic nitrogens is 2. The normalized spacial score (nSPS) is 17.9. The molecule has 1 saturated carbocycles. The first-order chi connectivity index (χ1) is 9.76. The fraction of sp³-hybridized carbons (Fsp3) is 0.812. The van der Waals surface area contributed by atoms with E-state index in [2.05, 4.69) is 44.9 Å². The monoisotopic (exact) mass is 341 g/mol. The van der Waals surface area contributed by atoms with Gasteiger partial charge in [0, 0.05) is 19.1 Å². The van der Waals surface area contributed by atoms with Crippen LogP contribution >= 0.6 is 15.9 Å². The maximum Gasteiger partial charge on any atom is 0.0767 e. The van der Waals surface area contributed by atoms with Crippen LogP contribution in [0.1, 0.15) is 70.2 Å². The maximum absolute atomic E-state index is 4.67. The first-order valence-corrected chi connectivity index (χ1v) is 9.03. The lowest BCUT2D eigenvalue weighted by Crippen LogP contribution is -2.30. The van der Waals surface area contributed by atoms with Crippen molar-refractivity contribution >= 4 is 15.9 Å². The number of hydrogen-bond acceptors (Lipinski definition) is 2. The van der Waals surface area contributed by atoms with Crippen LogP contribution in [0.15, 0.2) is 4.47 Å². The van der Waals surface area contributed by atoms with Crippen LogP contribution < -0.4 is 5.32 Å². The zero-order chi connectivity index (χ0) is 14.4. The highest BCUT2D eigenvalue weighted by molar-refractivity contribution is 9.10. The van der Waals surface area contributed by atoms with E-state index in [0.717, 1.165) is 19.5 Å². The smallest absolute Gasteiger partial charge is 0.0767 e. The lowest BCUT2D eigenvalue weighted by Gasteiger charge is -2.21. The molecule has 1 N–H and O–H groups in total. The third-order valence-electron chi connectivity index (χ3n) is 4.36. The number of halogens is 1. The van der Waals surface area contributed by atoms with Crippen molar-refractivity contribution in [1.29, 1.82) is 0 Å². The molecule has 0 atom stereocenters. The minimum atomic E-state index is 0.687. The average molecular weight is 342 g/mol. The van der Waals surface area contributed by atoms with E-state index < -0.39 is 0 Å². The van der Waals surface area contributed by atoms with Gasteiger partial charge in [-0.3, -0.25) is 4.68 Å². The van der Waals surface area contributed by atoms with E-state index in [0.29, 0.717) is 6.04 Å². The molecule has 0 unspecified atom stereocenters. The minimum absolute atomic E-state index is 0.687. The van der Waals surface area contributed by atoms with Crippen LogP contribution in [0.5, 0.6) is 0 Å². The highest BCUT2D eigenvalue weighted by Crippen LogP contribution is 2.23. The Morgan fingerprint density at radius 3 is 2.40 bits per heavy atom. The van der Waals surface area contributed by atoms with Crippen LogP contribution in [0.4, 0.5) is 0 Å². The van der Waals surface area contributed by atoms with Gasteiger partial charge in [-0.2, -0.15) is 5.10 Å². The molecule has 0 radical (unpaired) electrons. The molecule has 20 heavy (non-hydrogen) atoms. The first kappa shape index (κ1) is 16.0. The molecule has 4 heteroatoms. The quantitative estimate of drug-likeness (QED) is 0.858. The highest BCUT2D eigenvalue weighted by Gasteiger charge is 2.16. The summed E-state index contributed by atoms with van der Waals surface area (Å²) in [4.78, 5) is 0. The van der Waals surface area contributed by atoms with E-state index in [1.807, 2.05) is 0 Å². The number of aryl methyl sites for hydroxylation is 2. The summed E-state index contributed by atoms with van der Waals surface area (Å²) in [5.41, 5.74) is 2.49. The van der Waals surface area contributed by atoms with Gasteiger partial charge in [0.15, 0.2) is 0 Å². The summed E-state index contributed by atoms with van der Waals surface area (Å²) in [5, 5.41) is 8.44. The van der Waals surface area contributed by atoms with Gasteiger partial charge in [-0.1, -0.05) is 39.0 Å². The summed E-state index contributed by atoms with van der Waals surface area (Å²) in [5.74, 6) is 0. The van der Waals surface area contributed by atoms with Crippen LogP contribution in [-0.4, -0.2) is 15.8 Å². The zero-order valence-corrected chi connectivity index (χ0v) is 14.5. The van der Waals surface area contributed by atoms with Gasteiger partial charge in [-0.15, -0.1) is 0 Å². The Hall–Kier alpha value is -0.350. The van der Waals surface area contributed by atoms with E-state index in [-0.39, 0.29) is 0 Å². The molecule has 0 amide bonds. The van der Waals surface area contributed by atoms with Crippen molar-refractivity contribution in [2.24, 2.45) is 0 Å². The molecule has 114 valence electrons. The van der Waals surface area contributed by atoms with Gasteiger partial charge in [0.1, 0.15) is 0 Å². The second-order valence-electron chi connectivity index (χ2n) is 5.80. The molecule has 0 saturated heterocycles. The van der Waals surface area contributed by atoms with Crippen LogP contribution in [0.25, 0.3) is 0 Å². The fourth-order valence-electron chi connectivity index (χ4n) is 3.09. The molecular weight excluding hydrogens is 314 g/mol. The summed E-state index contributed by atoms with van der Waals surface area (Å²) in [6.45, 7) is 6.21. The number of hydrogen-bond donors (Lipinski definition) is 1. The largest absolute Gasteiger partial charge is 0.308 e. The third-order valence-corrected chi connectivity index (χ3v) is 5.27. The third kappa shape index (κ3) is 4.08. The molecule has 1 aliphatic carbocycles. The van der Waals surface area contributed by atoms with Gasteiger partial charge < -0.3 is 5.32 Å². The topological polar surface area (TPSA) is 29.9 Å². The van der Waals surface area contributed by atoms with Gasteiger partial charge in [-0.05, 0) is 42.1 Å². The molecule has 0 bridgehead atoms. The number of rotatable bonds is 5. The standard InChI is InChI=1S/C16H28BrN3/c1-3-14-16(17)15(20(4-2)19-14)12-18-13-10-8-6-5-7-9-11-13/h13,18H,3-12H2,1-2H3. The van der Waals surface area contributed by atoms with E-state index in [9.17, 15) is 0 Å². The molecule has 2 rings (SSSR count). The average Bonchev–Trinajstić information content (AvgIpc) is 2.73. The molecule has 0 aromatic carbocycles. The van der Waals surface area contributed by atoms with Gasteiger partial charge in [0.2, 0.25) is 0 Å².